The second kappa shape index (κ2) is 24.9. The maximum Gasteiger partial charge on any atom is 2.00 e. The summed E-state index contributed by atoms with van der Waals surface area (Å²) in [5, 5.41) is 17.2. The molecule has 25 heteroatoms. The third kappa shape index (κ3) is 23.8. The van der Waals surface area contributed by atoms with E-state index in [2.05, 4.69) is 19.9 Å². The quantitative estimate of drug-likeness (QED) is 0.0808. The Bertz CT molecular complexity index is 1740. The first-order valence-corrected chi connectivity index (χ1v) is 16.3. The Kier molecular flexibility index (Phi) is 25.4. The molecule has 0 atom stereocenters. The minimum Gasteiger partial charge on any atom is -0.741 e. The summed E-state index contributed by atoms with van der Waals surface area (Å²) >= 11 is 23.3. The minimum atomic E-state index is -6.09. The van der Waals surface area contributed by atoms with E-state index in [1.807, 2.05) is 0 Å². The average molecular weight is 931 g/mol. The summed E-state index contributed by atoms with van der Waals surface area (Å²) < 4.78 is 118. The largest absolute Gasteiger partial charge is 2.00 e. The molecule has 0 radical (unpaired) electrons. The van der Waals surface area contributed by atoms with E-state index in [1.165, 1.54) is 13.8 Å². The number of aromatic nitrogens is 4. The molecule has 4 rings (SSSR count). The molecule has 0 aromatic carbocycles. The summed E-state index contributed by atoms with van der Waals surface area (Å²) in [5.41, 5.74) is -8.40. The van der Waals surface area contributed by atoms with Gasteiger partial charge in [0.2, 0.25) is 0 Å². The Balaban J connectivity index is -0.000000585. The molecule has 0 saturated heterocycles. The van der Waals surface area contributed by atoms with Gasteiger partial charge in [0.15, 0.2) is 20.2 Å². The van der Waals surface area contributed by atoms with Gasteiger partial charge in [-0.25, -0.2) is 16.8 Å². The van der Waals surface area contributed by atoms with Crippen LogP contribution in [-0.4, -0.2) is 56.9 Å². The van der Waals surface area contributed by atoms with Crippen LogP contribution >= 0.6 is 46.4 Å². The van der Waals surface area contributed by atoms with Gasteiger partial charge in [-0.3, -0.25) is 19.9 Å². The number of nitriles is 2. The molecule has 0 N–H and O–H groups in total. The van der Waals surface area contributed by atoms with Gasteiger partial charge in [-0.15, -0.1) is 0 Å². The van der Waals surface area contributed by atoms with Gasteiger partial charge in [0.25, 0.3) is 0 Å². The fourth-order valence-electron chi connectivity index (χ4n) is 2.18. The fraction of sp³-hybridized carbons (Fsp3) is 0.154. The van der Waals surface area contributed by atoms with Crippen LogP contribution in [0.2, 0.25) is 20.1 Å². The molecule has 12 nitrogen and oxygen atoms in total. The molecule has 0 aliphatic heterocycles. The summed E-state index contributed by atoms with van der Waals surface area (Å²) in [5.74, 6) is 0. The molecule has 0 amide bonds. The van der Waals surface area contributed by atoms with Crippen molar-refractivity contribution in [3.63, 3.8) is 0 Å². The molecule has 4 aromatic heterocycles. The van der Waals surface area contributed by atoms with Crippen LogP contribution in [0.3, 0.4) is 0 Å². The molecule has 0 spiro atoms. The first kappa shape index (κ1) is 52.1. The van der Waals surface area contributed by atoms with Gasteiger partial charge in [0, 0.05) is 58.7 Å². The maximum atomic E-state index is 10.7. The van der Waals surface area contributed by atoms with Crippen LogP contribution in [0, 0.1) is 22.7 Å². The second-order valence-corrected chi connectivity index (χ2v) is 12.2. The summed E-state index contributed by atoms with van der Waals surface area (Å²) in [4.78, 5) is 16.6. The van der Waals surface area contributed by atoms with E-state index in [-0.39, 0.29) is 19.5 Å². The van der Waals surface area contributed by atoms with E-state index >= 15 is 0 Å². The maximum absolute atomic E-state index is 10.7. The molecular formula is C26H18Cl4F6N6O6RuS2. The summed E-state index contributed by atoms with van der Waals surface area (Å²) in [6, 6.07) is 17.4. The van der Waals surface area contributed by atoms with Gasteiger partial charge in [0.05, 0.1) is 34.9 Å². The normalized spacial score (nSPS) is 10.3. The van der Waals surface area contributed by atoms with Crippen molar-refractivity contribution in [3.8, 4) is 34.9 Å². The molecular weight excluding hydrogens is 913 g/mol. The number of rotatable bonds is 2. The third-order valence-corrected chi connectivity index (χ3v) is 6.05. The van der Waals surface area contributed by atoms with Crippen molar-refractivity contribution in [2.24, 2.45) is 0 Å². The number of pyridine rings is 4. The van der Waals surface area contributed by atoms with Crippen molar-refractivity contribution >= 4 is 66.6 Å². The third-order valence-electron chi connectivity index (χ3n) is 3.98. The van der Waals surface area contributed by atoms with Gasteiger partial charge in [-0.2, -0.15) is 36.9 Å². The number of halogens is 10. The first-order chi connectivity index (χ1) is 22.8. The van der Waals surface area contributed by atoms with Crippen LogP contribution in [0.1, 0.15) is 13.8 Å². The van der Waals surface area contributed by atoms with Crippen LogP contribution in [0.4, 0.5) is 26.3 Å². The summed E-state index contributed by atoms with van der Waals surface area (Å²) in [6.45, 7) is 2.86. The van der Waals surface area contributed by atoms with Gasteiger partial charge < -0.3 is 9.11 Å². The van der Waals surface area contributed by atoms with E-state index < -0.39 is 31.3 Å². The molecule has 0 unspecified atom stereocenters. The first-order valence-electron chi connectivity index (χ1n) is 12.0. The number of nitrogens with zero attached hydrogens (tertiary/aromatic N) is 6. The predicted octanol–water partition coefficient (Wildman–Crippen LogP) is 8.06. The summed E-state index contributed by atoms with van der Waals surface area (Å²) in [6.07, 6.45) is 6.56. The molecule has 0 aliphatic carbocycles. The Morgan fingerprint density at radius 2 is 0.686 bits per heavy atom. The van der Waals surface area contributed by atoms with Crippen molar-refractivity contribution in [1.82, 2.24) is 19.9 Å². The van der Waals surface area contributed by atoms with E-state index in [0.29, 0.717) is 20.1 Å². The van der Waals surface area contributed by atoms with Gasteiger partial charge in [-0.05, 0) is 48.5 Å². The van der Waals surface area contributed by atoms with Crippen LogP contribution in [0.15, 0.2) is 73.3 Å². The smallest absolute Gasteiger partial charge is 0.741 e. The molecule has 0 fully saturated rings. The van der Waals surface area contributed by atoms with Crippen LogP contribution in [0.25, 0.3) is 22.8 Å². The molecule has 278 valence electrons. The molecule has 0 aliphatic rings. The molecule has 0 saturated carbocycles. The fourth-order valence-corrected chi connectivity index (χ4v) is 2.82. The van der Waals surface area contributed by atoms with E-state index in [0.717, 1.165) is 22.8 Å². The van der Waals surface area contributed by atoms with Gasteiger partial charge in [0.1, 0.15) is 0 Å². The Morgan fingerprint density at radius 3 is 0.784 bits per heavy atom. The molecule has 4 aromatic rings. The predicted molar refractivity (Wildman–Crippen MR) is 169 cm³/mol. The zero-order valence-electron chi connectivity index (χ0n) is 25.0. The van der Waals surface area contributed by atoms with E-state index in [9.17, 15) is 26.3 Å². The van der Waals surface area contributed by atoms with Crippen LogP contribution in [-0.2, 0) is 39.7 Å². The minimum absolute atomic E-state index is 0. The zero-order chi connectivity index (χ0) is 39.3. The van der Waals surface area contributed by atoms with E-state index in [4.69, 9.17) is 82.9 Å². The van der Waals surface area contributed by atoms with Crippen molar-refractivity contribution in [3.05, 3.63) is 93.4 Å². The van der Waals surface area contributed by atoms with Crippen molar-refractivity contribution in [1.29, 1.82) is 10.5 Å². The SMILES string of the molecule is CC#N.CC#N.Clc1ccnc(-c2cc(Cl)ccn2)c1.Clc1ccnc(-c2cc(Cl)ccn2)c1.O=S(=O)([O-])C(F)(F)F.O=S(=O)([O-])C(F)(F)F.[Ru+2]. The van der Waals surface area contributed by atoms with E-state index in [1.54, 1.807) is 85.5 Å². The average Bonchev–Trinajstić information content (AvgIpc) is 2.97. The van der Waals surface area contributed by atoms with Gasteiger partial charge >= 0.3 is 30.5 Å². The Labute approximate surface area is 320 Å². The Hall–Kier alpha value is -3.24. The standard InChI is InChI=1S/2C10H6Cl2N2.2C2H3N.2CHF3O3S.Ru/c2*11-7-1-3-13-9(5-7)10-6-8(12)2-4-14-10;2*1-2-3;2*2-1(3,4)8(5,6)7;/h2*1-6H;2*1H3;2*(H,5,6,7);/q;;;;;;+2/p-2. The van der Waals surface area contributed by atoms with Crippen LogP contribution in [0.5, 0.6) is 0 Å². The second-order valence-electron chi connectivity index (χ2n) is 7.68. The molecule has 51 heavy (non-hydrogen) atoms. The van der Waals surface area contributed by atoms with Crippen molar-refractivity contribution in [2.45, 2.75) is 24.9 Å². The summed E-state index contributed by atoms with van der Waals surface area (Å²) in [7, 11) is -12.2. The number of hydrogen-bond donors (Lipinski definition) is 0. The molecule has 4 heterocycles. The zero-order valence-corrected chi connectivity index (χ0v) is 31.4. The van der Waals surface area contributed by atoms with Crippen LogP contribution < -0.4 is 0 Å². The monoisotopic (exact) mass is 930 g/mol. The Morgan fingerprint density at radius 1 is 0.549 bits per heavy atom. The topological polar surface area (TPSA) is 214 Å². The molecule has 0 bridgehead atoms. The number of alkyl halides is 6. The van der Waals surface area contributed by atoms with Crippen molar-refractivity contribution in [2.75, 3.05) is 0 Å². The van der Waals surface area contributed by atoms with Gasteiger partial charge in [-0.1, -0.05) is 46.4 Å². The number of hydrogen-bond acceptors (Lipinski definition) is 12. The van der Waals surface area contributed by atoms with Crippen molar-refractivity contribution < 1.29 is 71.8 Å².